The predicted octanol–water partition coefficient (Wildman–Crippen LogP) is 5.44. The minimum Gasteiger partial charge on any atom is -0.495 e. The minimum absolute atomic E-state index is 0.0537. The molecule has 2 aromatic carbocycles. The molecule has 0 unspecified atom stereocenters. The molecule has 1 aromatic heterocycles. The molecule has 0 aliphatic carbocycles. The first kappa shape index (κ1) is 23.0. The summed E-state index contributed by atoms with van der Waals surface area (Å²) >= 11 is 0. The standard InChI is InChI=1S/C28H29FN4O2/c1-19-17-32(18-31-19)24-11-5-20(16-25(24)35-3)15-21-6-12-26(34)33-27(21)30-14-4-13-28(33,2)22-7-9-23(29)10-8-22/h5,7-11,15-18H,4,6,12-14H2,1-3H3/b21-15+/t28-/m1/s1. The smallest absolute Gasteiger partial charge is 0.229 e. The number of fused-ring (bicyclic) bond motifs is 1. The third-order valence-electron chi connectivity index (χ3n) is 6.93. The average Bonchev–Trinajstić information content (AvgIpc) is 3.20. The van der Waals surface area contributed by atoms with Gasteiger partial charge in [0, 0.05) is 19.2 Å². The summed E-state index contributed by atoms with van der Waals surface area (Å²) < 4.78 is 21.3. The van der Waals surface area contributed by atoms with E-state index in [-0.39, 0.29) is 11.7 Å². The average molecular weight is 473 g/mol. The molecule has 0 N–H and O–H groups in total. The predicted molar refractivity (Wildman–Crippen MR) is 134 cm³/mol. The number of aliphatic imine (C=N–C) groups is 1. The van der Waals surface area contributed by atoms with E-state index in [0.717, 1.165) is 52.5 Å². The van der Waals surface area contributed by atoms with Gasteiger partial charge >= 0.3 is 0 Å². The van der Waals surface area contributed by atoms with Gasteiger partial charge in [-0.05, 0) is 80.2 Å². The third kappa shape index (κ3) is 4.27. The monoisotopic (exact) mass is 472 g/mol. The highest BCUT2D eigenvalue weighted by Crippen LogP contribution is 2.40. The van der Waals surface area contributed by atoms with E-state index < -0.39 is 5.54 Å². The lowest BCUT2D eigenvalue weighted by molar-refractivity contribution is -0.132. The Bertz CT molecular complexity index is 1320. The highest BCUT2D eigenvalue weighted by Gasteiger charge is 2.43. The fourth-order valence-corrected chi connectivity index (χ4v) is 5.10. The molecule has 1 atom stereocenters. The van der Waals surface area contributed by atoms with Gasteiger partial charge in [0.05, 0.1) is 30.4 Å². The van der Waals surface area contributed by atoms with Gasteiger partial charge in [-0.1, -0.05) is 18.2 Å². The number of benzene rings is 2. The molecule has 0 spiro atoms. The summed E-state index contributed by atoms with van der Waals surface area (Å²) in [7, 11) is 1.66. The number of rotatable bonds is 4. The van der Waals surface area contributed by atoms with Gasteiger partial charge in [0.2, 0.25) is 5.91 Å². The molecule has 1 amide bonds. The lowest BCUT2D eigenvalue weighted by Gasteiger charge is -2.44. The number of nitrogens with zero attached hydrogens (tertiary/aromatic N) is 4. The van der Waals surface area contributed by atoms with Crippen molar-refractivity contribution in [3.05, 3.63) is 83.2 Å². The number of carbonyl (C=O) groups excluding carboxylic acids is 1. The molecule has 2 aliphatic heterocycles. The molecule has 35 heavy (non-hydrogen) atoms. The Labute approximate surface area is 204 Å². The van der Waals surface area contributed by atoms with Gasteiger partial charge < -0.3 is 9.30 Å². The summed E-state index contributed by atoms with van der Waals surface area (Å²) in [4.78, 5) is 24.3. The number of methoxy groups -OCH3 is 1. The van der Waals surface area contributed by atoms with Crippen molar-refractivity contribution in [1.82, 2.24) is 14.5 Å². The van der Waals surface area contributed by atoms with Crippen molar-refractivity contribution in [2.45, 2.75) is 45.1 Å². The summed E-state index contributed by atoms with van der Waals surface area (Å²) in [5, 5.41) is 0. The Kier molecular flexibility index (Phi) is 6.01. The summed E-state index contributed by atoms with van der Waals surface area (Å²) in [5.74, 6) is 1.23. The molecule has 3 heterocycles. The van der Waals surface area contributed by atoms with Crippen LogP contribution < -0.4 is 4.74 Å². The van der Waals surface area contributed by atoms with Crippen LogP contribution in [0.4, 0.5) is 4.39 Å². The molecule has 2 aliphatic rings. The number of amidine groups is 1. The molecule has 0 radical (unpaired) electrons. The van der Waals surface area contributed by atoms with Crippen LogP contribution in [0.25, 0.3) is 11.8 Å². The van der Waals surface area contributed by atoms with Crippen LogP contribution in [-0.2, 0) is 10.3 Å². The lowest BCUT2D eigenvalue weighted by atomic mass is 9.83. The zero-order valence-corrected chi connectivity index (χ0v) is 20.3. The van der Waals surface area contributed by atoms with E-state index in [1.54, 1.807) is 25.6 Å². The Balaban J connectivity index is 1.54. The highest BCUT2D eigenvalue weighted by atomic mass is 19.1. The second-order valence-electron chi connectivity index (χ2n) is 9.34. The van der Waals surface area contributed by atoms with Crippen LogP contribution in [-0.4, -0.2) is 39.8 Å². The van der Waals surface area contributed by atoms with E-state index in [2.05, 4.69) is 18.0 Å². The molecule has 0 bridgehead atoms. The maximum Gasteiger partial charge on any atom is 0.229 e. The van der Waals surface area contributed by atoms with E-state index in [1.165, 1.54) is 12.1 Å². The number of hydrogen-bond donors (Lipinski definition) is 0. The Morgan fingerprint density at radius 1 is 1.14 bits per heavy atom. The van der Waals surface area contributed by atoms with Crippen molar-refractivity contribution in [1.29, 1.82) is 0 Å². The topological polar surface area (TPSA) is 59.7 Å². The normalized spacial score (nSPS) is 21.5. The zero-order valence-electron chi connectivity index (χ0n) is 20.3. The molecular formula is C28H29FN4O2. The first-order valence-electron chi connectivity index (χ1n) is 11.9. The fraction of sp³-hybridized carbons (Fsp3) is 0.321. The number of hydrogen-bond acceptors (Lipinski definition) is 4. The molecule has 6 nitrogen and oxygen atoms in total. The maximum atomic E-state index is 13.6. The first-order chi connectivity index (χ1) is 16.9. The summed E-state index contributed by atoms with van der Waals surface area (Å²) in [6, 6.07) is 12.5. The van der Waals surface area contributed by atoms with E-state index in [1.807, 2.05) is 40.8 Å². The van der Waals surface area contributed by atoms with Gasteiger partial charge in [-0.2, -0.15) is 0 Å². The van der Waals surface area contributed by atoms with Crippen LogP contribution in [0.2, 0.25) is 0 Å². The van der Waals surface area contributed by atoms with Crippen LogP contribution in [0, 0.1) is 12.7 Å². The Morgan fingerprint density at radius 3 is 2.66 bits per heavy atom. The van der Waals surface area contributed by atoms with E-state index >= 15 is 0 Å². The van der Waals surface area contributed by atoms with Crippen molar-refractivity contribution in [3.8, 4) is 11.4 Å². The first-order valence-corrected chi connectivity index (χ1v) is 11.9. The van der Waals surface area contributed by atoms with Crippen LogP contribution in [0.1, 0.15) is 49.4 Å². The summed E-state index contributed by atoms with van der Waals surface area (Å²) in [6.07, 6.45) is 8.46. The lowest BCUT2D eigenvalue weighted by Crippen LogP contribution is -2.53. The maximum absolute atomic E-state index is 13.6. The molecule has 0 saturated carbocycles. The van der Waals surface area contributed by atoms with Gasteiger partial charge in [0.1, 0.15) is 17.4 Å². The Hall–Kier alpha value is -3.74. The van der Waals surface area contributed by atoms with E-state index in [4.69, 9.17) is 9.73 Å². The fourth-order valence-electron chi connectivity index (χ4n) is 5.10. The number of aromatic nitrogens is 2. The van der Waals surface area contributed by atoms with Crippen molar-refractivity contribution >= 4 is 17.8 Å². The SMILES string of the molecule is COc1cc(/C=C2\CCC(=O)N3C2=NCCC[C@]3(C)c2ccc(F)cc2)ccc1-n1cnc(C)c1. The zero-order chi connectivity index (χ0) is 24.6. The second kappa shape index (κ2) is 9.13. The molecular weight excluding hydrogens is 443 g/mol. The molecule has 1 fully saturated rings. The van der Waals surface area contributed by atoms with Crippen LogP contribution in [0.3, 0.4) is 0 Å². The number of ether oxygens (including phenoxy) is 1. The molecule has 3 aromatic rings. The minimum atomic E-state index is -0.583. The van der Waals surface area contributed by atoms with Gasteiger partial charge in [-0.3, -0.25) is 14.7 Å². The van der Waals surface area contributed by atoms with Crippen molar-refractivity contribution in [3.63, 3.8) is 0 Å². The van der Waals surface area contributed by atoms with Gasteiger partial charge in [-0.15, -0.1) is 0 Å². The number of aryl methyl sites for hydroxylation is 1. The number of piperidine rings is 1. The van der Waals surface area contributed by atoms with Crippen LogP contribution in [0.5, 0.6) is 5.75 Å². The third-order valence-corrected chi connectivity index (χ3v) is 6.93. The summed E-state index contributed by atoms with van der Waals surface area (Å²) in [6.45, 7) is 4.66. The number of amides is 1. The molecule has 5 rings (SSSR count). The van der Waals surface area contributed by atoms with E-state index in [9.17, 15) is 9.18 Å². The van der Waals surface area contributed by atoms with Gasteiger partial charge in [0.25, 0.3) is 0 Å². The molecule has 1 saturated heterocycles. The van der Waals surface area contributed by atoms with Crippen molar-refractivity contribution in [2.75, 3.05) is 13.7 Å². The van der Waals surface area contributed by atoms with Gasteiger partial charge in [-0.25, -0.2) is 9.37 Å². The second-order valence-corrected chi connectivity index (χ2v) is 9.34. The molecule has 180 valence electrons. The number of imidazole rings is 1. The largest absolute Gasteiger partial charge is 0.495 e. The molecule has 7 heteroatoms. The Morgan fingerprint density at radius 2 is 1.94 bits per heavy atom. The van der Waals surface area contributed by atoms with Gasteiger partial charge in [0.15, 0.2) is 0 Å². The number of carbonyl (C=O) groups is 1. The quantitative estimate of drug-likeness (QED) is 0.508. The van der Waals surface area contributed by atoms with Crippen LogP contribution >= 0.6 is 0 Å². The van der Waals surface area contributed by atoms with Crippen LogP contribution in [0.15, 0.2) is 65.6 Å². The van der Waals surface area contributed by atoms with E-state index in [0.29, 0.717) is 19.4 Å². The van der Waals surface area contributed by atoms with Crippen molar-refractivity contribution in [2.24, 2.45) is 4.99 Å². The summed E-state index contributed by atoms with van der Waals surface area (Å²) in [5.41, 5.74) is 4.17. The number of halogens is 1. The van der Waals surface area contributed by atoms with Crippen molar-refractivity contribution < 1.29 is 13.9 Å². The highest BCUT2D eigenvalue weighted by molar-refractivity contribution is 6.13.